The number of nitrogens with zero attached hydrogens (tertiary/aromatic N) is 3. The van der Waals surface area contributed by atoms with Crippen LogP contribution in [0.3, 0.4) is 0 Å². The Morgan fingerprint density at radius 2 is 2.08 bits per heavy atom. The van der Waals surface area contributed by atoms with Crippen molar-refractivity contribution in [3.63, 3.8) is 0 Å². The van der Waals surface area contributed by atoms with Crippen LogP contribution in [0.15, 0.2) is 30.6 Å². The molecule has 3 rings (SSSR count). The second-order valence-electron chi connectivity index (χ2n) is 5.75. The van der Waals surface area contributed by atoms with Gasteiger partial charge in [0.2, 0.25) is 0 Å². The molecule has 0 bridgehead atoms. The van der Waals surface area contributed by atoms with Crippen LogP contribution in [0.1, 0.15) is 24.2 Å². The van der Waals surface area contributed by atoms with Crippen molar-refractivity contribution in [2.75, 3.05) is 13.1 Å². The standard InChI is InChI=1S/C16H18Cl2N4O.ClH/c1-10-11(2)21(6-5-19-10)16(23)12-8-20-22(9-12)15-4-3-13(17)7-14(15)18;/h3-4,7-11,19H,5-6H2,1-2H3;1H. The Morgan fingerprint density at radius 3 is 2.79 bits per heavy atom. The molecule has 5 nitrogen and oxygen atoms in total. The first-order valence-corrected chi connectivity index (χ1v) is 8.27. The van der Waals surface area contributed by atoms with Crippen molar-refractivity contribution in [3.05, 3.63) is 46.2 Å². The lowest BCUT2D eigenvalue weighted by molar-refractivity contribution is 0.0603. The van der Waals surface area contributed by atoms with Gasteiger partial charge in [-0.3, -0.25) is 4.79 Å². The fraction of sp³-hybridized carbons (Fsp3) is 0.375. The van der Waals surface area contributed by atoms with Crippen LogP contribution in [0.5, 0.6) is 0 Å². The van der Waals surface area contributed by atoms with Gasteiger partial charge in [-0.2, -0.15) is 5.10 Å². The predicted molar refractivity (Wildman–Crippen MR) is 98.8 cm³/mol. The second-order valence-corrected chi connectivity index (χ2v) is 6.59. The lowest BCUT2D eigenvalue weighted by atomic mass is 10.1. The van der Waals surface area contributed by atoms with Crippen molar-refractivity contribution in [3.8, 4) is 5.69 Å². The zero-order chi connectivity index (χ0) is 16.6. The highest BCUT2D eigenvalue weighted by Gasteiger charge is 2.29. The first-order valence-electron chi connectivity index (χ1n) is 7.52. The van der Waals surface area contributed by atoms with E-state index < -0.39 is 0 Å². The number of aromatic nitrogens is 2. The van der Waals surface area contributed by atoms with Gasteiger partial charge in [0.25, 0.3) is 5.91 Å². The third-order valence-corrected chi connectivity index (χ3v) is 4.82. The third kappa shape index (κ3) is 3.70. The van der Waals surface area contributed by atoms with E-state index in [1.807, 2.05) is 4.90 Å². The van der Waals surface area contributed by atoms with E-state index in [0.29, 0.717) is 27.8 Å². The molecule has 1 aliphatic rings. The monoisotopic (exact) mass is 388 g/mol. The molecule has 1 amide bonds. The Bertz CT molecular complexity index is 734. The van der Waals surface area contributed by atoms with E-state index in [4.69, 9.17) is 23.2 Å². The van der Waals surface area contributed by atoms with Crippen LogP contribution in [0.4, 0.5) is 0 Å². The van der Waals surface area contributed by atoms with Crippen molar-refractivity contribution in [2.45, 2.75) is 25.9 Å². The number of benzene rings is 1. The van der Waals surface area contributed by atoms with E-state index in [1.54, 1.807) is 35.3 Å². The second kappa shape index (κ2) is 7.74. The Morgan fingerprint density at radius 1 is 1.33 bits per heavy atom. The lowest BCUT2D eigenvalue weighted by Gasteiger charge is -2.38. The van der Waals surface area contributed by atoms with Gasteiger partial charge in [0.15, 0.2) is 0 Å². The van der Waals surface area contributed by atoms with Gasteiger partial charge in [-0.1, -0.05) is 23.2 Å². The number of amides is 1. The summed E-state index contributed by atoms with van der Waals surface area (Å²) in [5.74, 6) is -0.0119. The topological polar surface area (TPSA) is 50.2 Å². The van der Waals surface area contributed by atoms with Gasteiger partial charge in [0.05, 0.1) is 22.5 Å². The van der Waals surface area contributed by atoms with Crippen LogP contribution in [-0.4, -0.2) is 45.8 Å². The summed E-state index contributed by atoms with van der Waals surface area (Å²) in [6.45, 7) is 5.63. The Balaban J connectivity index is 0.00000208. The number of nitrogens with one attached hydrogen (secondary N) is 1. The Hall–Kier alpha value is -1.27. The van der Waals surface area contributed by atoms with Gasteiger partial charge in [-0.05, 0) is 32.0 Å². The van der Waals surface area contributed by atoms with Crippen molar-refractivity contribution in [1.82, 2.24) is 20.0 Å². The summed E-state index contributed by atoms with van der Waals surface area (Å²) in [5, 5.41) is 8.68. The van der Waals surface area contributed by atoms with Crippen molar-refractivity contribution in [1.29, 1.82) is 0 Å². The number of halogens is 3. The normalized spacial score (nSPS) is 20.6. The van der Waals surface area contributed by atoms with Gasteiger partial charge in [0.1, 0.15) is 0 Å². The minimum Gasteiger partial charge on any atom is -0.333 e. The molecule has 0 radical (unpaired) electrons. The Kier molecular flexibility index (Phi) is 6.15. The summed E-state index contributed by atoms with van der Waals surface area (Å²) in [5.41, 5.74) is 1.24. The molecule has 8 heteroatoms. The third-order valence-electron chi connectivity index (χ3n) is 4.28. The molecule has 24 heavy (non-hydrogen) atoms. The van der Waals surface area contributed by atoms with Crippen molar-refractivity contribution >= 4 is 41.5 Å². The summed E-state index contributed by atoms with van der Waals surface area (Å²) in [6, 6.07) is 5.59. The molecule has 1 saturated heterocycles. The molecule has 2 unspecified atom stereocenters. The van der Waals surface area contributed by atoms with Gasteiger partial charge >= 0.3 is 0 Å². The number of carbonyl (C=O) groups is 1. The van der Waals surface area contributed by atoms with Gasteiger partial charge in [0, 0.05) is 36.4 Å². The summed E-state index contributed by atoms with van der Waals surface area (Å²) in [6.07, 6.45) is 3.28. The van der Waals surface area contributed by atoms with Crippen molar-refractivity contribution in [2.24, 2.45) is 0 Å². The SMILES string of the molecule is CC1NCCN(C(=O)c2cnn(-c3ccc(Cl)cc3Cl)c2)C1C.Cl. The van der Waals surface area contributed by atoms with Gasteiger partial charge < -0.3 is 10.2 Å². The molecule has 1 aromatic carbocycles. The average Bonchev–Trinajstić information content (AvgIpc) is 2.99. The van der Waals surface area contributed by atoms with Crippen LogP contribution in [0.2, 0.25) is 10.0 Å². The molecule has 1 aliphatic heterocycles. The number of hydrogen-bond acceptors (Lipinski definition) is 3. The molecule has 2 heterocycles. The highest BCUT2D eigenvalue weighted by molar-refractivity contribution is 6.35. The van der Waals surface area contributed by atoms with Gasteiger partial charge in [-0.15, -0.1) is 12.4 Å². The maximum Gasteiger partial charge on any atom is 0.257 e. The fourth-order valence-corrected chi connectivity index (χ4v) is 3.24. The van der Waals surface area contributed by atoms with Crippen molar-refractivity contribution < 1.29 is 4.79 Å². The number of hydrogen-bond donors (Lipinski definition) is 1. The van der Waals surface area contributed by atoms with E-state index in [2.05, 4.69) is 24.3 Å². The average molecular weight is 390 g/mol. The summed E-state index contributed by atoms with van der Waals surface area (Å²) < 4.78 is 1.60. The molecule has 2 atom stereocenters. The molecule has 0 saturated carbocycles. The lowest BCUT2D eigenvalue weighted by Crippen LogP contribution is -2.57. The largest absolute Gasteiger partial charge is 0.333 e. The van der Waals surface area contributed by atoms with Crippen LogP contribution < -0.4 is 5.32 Å². The zero-order valence-corrected chi connectivity index (χ0v) is 15.7. The van der Waals surface area contributed by atoms with E-state index in [-0.39, 0.29) is 30.4 Å². The van der Waals surface area contributed by atoms with Crippen LogP contribution >= 0.6 is 35.6 Å². The minimum atomic E-state index is -0.0119. The van der Waals surface area contributed by atoms with Crippen LogP contribution in [-0.2, 0) is 0 Å². The number of rotatable bonds is 2. The summed E-state index contributed by atoms with van der Waals surface area (Å²) in [7, 11) is 0. The first-order chi connectivity index (χ1) is 11.0. The molecular formula is C16H19Cl3N4O. The van der Waals surface area contributed by atoms with E-state index in [9.17, 15) is 4.79 Å². The first kappa shape index (κ1) is 19.1. The molecule has 1 aromatic heterocycles. The maximum absolute atomic E-state index is 12.7. The van der Waals surface area contributed by atoms with Crippen LogP contribution in [0, 0.1) is 0 Å². The molecule has 2 aromatic rings. The number of carbonyl (C=O) groups excluding carboxylic acids is 1. The maximum atomic E-state index is 12.7. The Labute approximate surface area is 157 Å². The molecule has 0 aliphatic carbocycles. The highest BCUT2D eigenvalue weighted by Crippen LogP contribution is 2.24. The predicted octanol–water partition coefficient (Wildman–Crippen LogP) is 3.42. The van der Waals surface area contributed by atoms with E-state index >= 15 is 0 Å². The fourth-order valence-electron chi connectivity index (χ4n) is 2.74. The summed E-state index contributed by atoms with van der Waals surface area (Å²) >= 11 is 12.1. The molecule has 130 valence electrons. The molecule has 1 N–H and O–H groups in total. The van der Waals surface area contributed by atoms with Crippen LogP contribution in [0.25, 0.3) is 5.69 Å². The smallest absolute Gasteiger partial charge is 0.257 e. The van der Waals surface area contributed by atoms with E-state index in [0.717, 1.165) is 6.54 Å². The zero-order valence-electron chi connectivity index (χ0n) is 13.4. The summed E-state index contributed by atoms with van der Waals surface area (Å²) in [4.78, 5) is 14.6. The minimum absolute atomic E-state index is 0. The molecule has 0 spiro atoms. The molecule has 1 fully saturated rings. The highest BCUT2D eigenvalue weighted by atomic mass is 35.5. The number of piperazine rings is 1. The molecular weight excluding hydrogens is 371 g/mol. The van der Waals surface area contributed by atoms with Gasteiger partial charge in [-0.25, -0.2) is 4.68 Å². The van der Waals surface area contributed by atoms with E-state index in [1.165, 1.54) is 0 Å². The quantitative estimate of drug-likeness (QED) is 0.856.